The molecule has 0 fully saturated rings. The van der Waals surface area contributed by atoms with Crippen LogP contribution in [0.5, 0.6) is 5.75 Å². The number of nitro benzene ring substituents is 1. The Morgan fingerprint density at radius 1 is 1.48 bits per heavy atom. The van der Waals surface area contributed by atoms with Crippen molar-refractivity contribution in [1.82, 2.24) is 0 Å². The number of rotatable bonds is 4. The third kappa shape index (κ3) is 3.24. The second kappa shape index (κ2) is 6.26. The van der Waals surface area contributed by atoms with Crippen molar-refractivity contribution < 1.29 is 18.8 Å². The Balaban J connectivity index is 2.41. The quantitative estimate of drug-likeness (QED) is 0.595. The minimum absolute atomic E-state index is 0.142. The van der Waals surface area contributed by atoms with Crippen LogP contribution in [0.25, 0.3) is 0 Å². The molecule has 7 heteroatoms. The number of methoxy groups -OCH3 is 1. The molecule has 0 N–H and O–H groups in total. The zero-order valence-corrected chi connectivity index (χ0v) is 13.0. The average Bonchev–Trinajstić information content (AvgIpc) is 2.42. The van der Waals surface area contributed by atoms with Crippen LogP contribution in [-0.2, 0) is 4.74 Å². The lowest BCUT2D eigenvalue weighted by Gasteiger charge is -2.21. The van der Waals surface area contributed by atoms with Crippen LogP contribution in [0.15, 0.2) is 40.3 Å². The van der Waals surface area contributed by atoms with Gasteiger partial charge in [-0.2, -0.15) is 4.39 Å². The fraction of sp³-hybridized carbons (Fsp3) is 0.286. The summed E-state index contributed by atoms with van der Waals surface area (Å²) in [7, 11) is 1.54. The minimum Gasteiger partial charge on any atom is -0.500 e. The Morgan fingerprint density at radius 3 is 2.81 bits per heavy atom. The lowest BCUT2D eigenvalue weighted by Crippen LogP contribution is -2.10. The summed E-state index contributed by atoms with van der Waals surface area (Å²) in [5.74, 6) is 0.115. The van der Waals surface area contributed by atoms with Crippen LogP contribution >= 0.6 is 15.9 Å². The Kier molecular flexibility index (Phi) is 4.62. The Bertz CT molecular complexity index is 642. The molecule has 1 aliphatic carbocycles. The molecule has 0 bridgehead atoms. The van der Waals surface area contributed by atoms with E-state index in [1.807, 2.05) is 6.92 Å². The van der Waals surface area contributed by atoms with Crippen LogP contribution in [0.2, 0.25) is 0 Å². The van der Waals surface area contributed by atoms with Gasteiger partial charge >= 0.3 is 5.69 Å². The van der Waals surface area contributed by atoms with Crippen LogP contribution in [0.1, 0.15) is 13.3 Å². The highest BCUT2D eigenvalue weighted by Crippen LogP contribution is 2.37. The Hall–Kier alpha value is -1.89. The highest BCUT2D eigenvalue weighted by atomic mass is 79.9. The summed E-state index contributed by atoms with van der Waals surface area (Å²) in [5, 5.41) is 11.0. The molecule has 5 nitrogen and oxygen atoms in total. The van der Waals surface area contributed by atoms with Gasteiger partial charge in [-0.05, 0) is 40.1 Å². The molecular weight excluding hydrogens is 345 g/mol. The monoisotopic (exact) mass is 357 g/mol. The van der Waals surface area contributed by atoms with Gasteiger partial charge in [0.25, 0.3) is 0 Å². The standard InChI is InChI=1S/C14H13BrFNO4/c1-8-6-11(20-2)13(15)12(7-8)21-10-5-3-4-9(16)14(10)17(18)19/h3-5,7-8H,6H2,1-2H3. The number of hydrogen-bond donors (Lipinski definition) is 0. The van der Waals surface area contributed by atoms with E-state index in [0.717, 1.165) is 6.07 Å². The number of halogens is 2. The lowest BCUT2D eigenvalue weighted by molar-refractivity contribution is -0.388. The molecule has 0 aliphatic heterocycles. The van der Waals surface area contributed by atoms with Gasteiger partial charge in [0, 0.05) is 6.42 Å². The first kappa shape index (κ1) is 15.5. The van der Waals surface area contributed by atoms with Crippen LogP contribution in [0.4, 0.5) is 10.1 Å². The number of para-hydroxylation sites is 1. The third-order valence-corrected chi connectivity index (χ3v) is 3.84. The van der Waals surface area contributed by atoms with Crippen molar-refractivity contribution in [2.45, 2.75) is 13.3 Å². The average molecular weight is 358 g/mol. The number of ether oxygens (including phenoxy) is 2. The van der Waals surface area contributed by atoms with Crippen molar-refractivity contribution in [3.05, 3.63) is 56.2 Å². The van der Waals surface area contributed by atoms with Crippen molar-refractivity contribution >= 4 is 21.6 Å². The summed E-state index contributed by atoms with van der Waals surface area (Å²) in [6.07, 6.45) is 2.50. The molecule has 0 heterocycles. The van der Waals surface area contributed by atoms with Crippen LogP contribution in [0, 0.1) is 21.8 Å². The molecule has 1 unspecified atom stereocenters. The van der Waals surface area contributed by atoms with Gasteiger partial charge in [-0.25, -0.2) is 0 Å². The Morgan fingerprint density at radius 2 is 2.19 bits per heavy atom. The van der Waals surface area contributed by atoms with Crippen molar-refractivity contribution in [1.29, 1.82) is 0 Å². The molecule has 112 valence electrons. The van der Waals surface area contributed by atoms with Gasteiger partial charge in [0.2, 0.25) is 11.6 Å². The predicted molar refractivity (Wildman–Crippen MR) is 78.5 cm³/mol. The molecule has 0 saturated carbocycles. The molecule has 0 amide bonds. The van der Waals surface area contributed by atoms with Crippen molar-refractivity contribution in [3.63, 3.8) is 0 Å². The topological polar surface area (TPSA) is 61.6 Å². The van der Waals surface area contributed by atoms with Gasteiger partial charge in [0.15, 0.2) is 0 Å². The smallest absolute Gasteiger partial charge is 0.346 e. The van der Waals surface area contributed by atoms with E-state index >= 15 is 0 Å². The molecule has 0 aromatic heterocycles. The van der Waals surface area contributed by atoms with E-state index in [4.69, 9.17) is 9.47 Å². The summed E-state index contributed by atoms with van der Waals surface area (Å²) in [4.78, 5) is 10.2. The van der Waals surface area contributed by atoms with Gasteiger partial charge in [0.05, 0.1) is 16.5 Å². The maximum Gasteiger partial charge on any atom is 0.346 e. The summed E-state index contributed by atoms with van der Waals surface area (Å²) in [6.45, 7) is 1.96. The van der Waals surface area contributed by atoms with Crippen molar-refractivity contribution in [3.8, 4) is 5.75 Å². The molecule has 1 atom stereocenters. The maximum absolute atomic E-state index is 13.6. The minimum atomic E-state index is -0.936. The first-order valence-corrected chi connectivity index (χ1v) is 6.99. The lowest BCUT2D eigenvalue weighted by atomic mass is 10.0. The summed E-state index contributed by atoms with van der Waals surface area (Å²) < 4.78 is 24.9. The van der Waals surface area contributed by atoms with E-state index in [-0.39, 0.29) is 11.7 Å². The Labute approximate surface area is 129 Å². The van der Waals surface area contributed by atoms with E-state index in [1.54, 1.807) is 6.08 Å². The molecule has 0 radical (unpaired) electrons. The molecule has 0 spiro atoms. The largest absolute Gasteiger partial charge is 0.500 e. The number of benzene rings is 1. The summed E-state index contributed by atoms with van der Waals surface area (Å²) >= 11 is 3.34. The van der Waals surface area contributed by atoms with E-state index in [1.165, 1.54) is 19.2 Å². The van der Waals surface area contributed by atoms with Crippen LogP contribution < -0.4 is 4.74 Å². The van der Waals surface area contributed by atoms with Crippen LogP contribution in [0.3, 0.4) is 0 Å². The molecule has 1 aliphatic rings. The van der Waals surface area contributed by atoms with E-state index in [2.05, 4.69) is 15.9 Å². The van der Waals surface area contributed by atoms with E-state index in [0.29, 0.717) is 22.4 Å². The van der Waals surface area contributed by atoms with E-state index < -0.39 is 16.4 Å². The molecular formula is C14H13BrFNO4. The fourth-order valence-corrected chi connectivity index (χ4v) is 2.57. The number of nitro groups is 1. The SMILES string of the molecule is COC1=C(Br)C(Oc2cccc(F)c2[N+](=O)[O-])=CC(C)C1. The van der Waals surface area contributed by atoms with Gasteiger partial charge < -0.3 is 9.47 Å². The van der Waals surface area contributed by atoms with Crippen molar-refractivity contribution in [2.24, 2.45) is 5.92 Å². The highest BCUT2D eigenvalue weighted by molar-refractivity contribution is 9.12. The first-order valence-electron chi connectivity index (χ1n) is 6.19. The highest BCUT2D eigenvalue weighted by Gasteiger charge is 2.26. The first-order chi connectivity index (χ1) is 9.93. The number of hydrogen-bond acceptors (Lipinski definition) is 4. The van der Waals surface area contributed by atoms with Gasteiger partial charge in [-0.15, -0.1) is 0 Å². The van der Waals surface area contributed by atoms with Crippen LogP contribution in [-0.4, -0.2) is 12.0 Å². The van der Waals surface area contributed by atoms with Gasteiger partial charge in [0.1, 0.15) is 11.5 Å². The fourth-order valence-electron chi connectivity index (χ4n) is 2.04. The second-order valence-electron chi connectivity index (χ2n) is 4.60. The number of nitrogens with zero attached hydrogens (tertiary/aromatic N) is 1. The zero-order chi connectivity index (χ0) is 15.6. The number of allylic oxidation sites excluding steroid dienone is 3. The molecule has 2 rings (SSSR count). The molecule has 1 aromatic carbocycles. The summed E-state index contributed by atoms with van der Waals surface area (Å²) in [5.41, 5.74) is -0.684. The predicted octanol–water partition coefficient (Wildman–Crippen LogP) is 4.29. The third-order valence-electron chi connectivity index (χ3n) is 3.00. The molecule has 0 saturated heterocycles. The normalized spacial score (nSPS) is 18.3. The zero-order valence-electron chi connectivity index (χ0n) is 11.4. The second-order valence-corrected chi connectivity index (χ2v) is 5.39. The molecule has 21 heavy (non-hydrogen) atoms. The molecule has 1 aromatic rings. The maximum atomic E-state index is 13.6. The van der Waals surface area contributed by atoms with E-state index in [9.17, 15) is 14.5 Å². The van der Waals surface area contributed by atoms with Gasteiger partial charge in [-0.3, -0.25) is 10.1 Å². The van der Waals surface area contributed by atoms with Gasteiger partial charge in [-0.1, -0.05) is 13.0 Å². The summed E-state index contributed by atoms with van der Waals surface area (Å²) in [6, 6.07) is 3.74. The van der Waals surface area contributed by atoms with Crippen molar-refractivity contribution in [2.75, 3.05) is 7.11 Å².